The molecule has 0 atom stereocenters. The molecule has 8 nitrogen and oxygen atoms in total. The lowest BCUT2D eigenvalue weighted by Crippen LogP contribution is -2.19. The predicted molar refractivity (Wildman–Crippen MR) is 78.9 cm³/mol. The van der Waals surface area contributed by atoms with Crippen molar-refractivity contribution in [3.8, 4) is 0 Å². The number of pyridine rings is 1. The van der Waals surface area contributed by atoms with Gasteiger partial charge < -0.3 is 9.47 Å². The van der Waals surface area contributed by atoms with Crippen LogP contribution in [-0.4, -0.2) is 35.6 Å². The molecule has 0 spiro atoms. The van der Waals surface area contributed by atoms with Crippen LogP contribution < -0.4 is 0 Å². The summed E-state index contributed by atoms with van der Waals surface area (Å²) in [6, 6.07) is 0.147. The minimum Gasteiger partial charge on any atom is -0.466 e. The van der Waals surface area contributed by atoms with Gasteiger partial charge >= 0.3 is 23.8 Å². The van der Waals surface area contributed by atoms with Gasteiger partial charge in [0.15, 0.2) is 0 Å². The van der Waals surface area contributed by atoms with Crippen LogP contribution in [0, 0.1) is 10.1 Å². The molecule has 1 heterocycles. The van der Waals surface area contributed by atoms with E-state index < -0.39 is 52.1 Å². The normalized spacial score (nSPS) is 10.4. The number of aromatic nitrogens is 1. The Labute approximate surface area is 141 Å². The zero-order valence-corrected chi connectivity index (χ0v) is 14.0. The molecule has 0 aliphatic carbocycles. The molecule has 0 aliphatic heterocycles. The van der Waals surface area contributed by atoms with Crippen LogP contribution >= 0.6 is 0 Å². The molecule has 0 aromatic carbocycles. The van der Waals surface area contributed by atoms with E-state index in [2.05, 4.69) is 14.5 Å². The van der Waals surface area contributed by atoms with Crippen molar-refractivity contribution in [2.75, 3.05) is 13.7 Å². The Morgan fingerprint density at radius 3 is 2.28 bits per heavy atom. The van der Waals surface area contributed by atoms with E-state index >= 15 is 0 Å². The third-order valence-electron chi connectivity index (χ3n) is 2.58. The van der Waals surface area contributed by atoms with Crippen molar-refractivity contribution in [2.45, 2.75) is 33.4 Å². The maximum absolute atomic E-state index is 13.0. The minimum atomic E-state index is -5.01. The number of esters is 2. The second-order valence-electron chi connectivity index (χ2n) is 4.08. The molecular weight excluding hydrogens is 349 g/mol. The van der Waals surface area contributed by atoms with Gasteiger partial charge in [-0.25, -0.2) is 9.78 Å². The molecule has 1 rings (SSSR count). The highest BCUT2D eigenvalue weighted by molar-refractivity contribution is 5.92. The number of methoxy groups -OCH3 is 1. The number of hydrogen-bond donors (Lipinski definition) is 0. The second kappa shape index (κ2) is 9.55. The number of carbonyl (C=O) groups excluding carboxylic acids is 2. The summed E-state index contributed by atoms with van der Waals surface area (Å²) >= 11 is 0. The summed E-state index contributed by atoms with van der Waals surface area (Å²) < 4.78 is 47.8. The number of rotatable bonds is 5. The summed E-state index contributed by atoms with van der Waals surface area (Å²) in [5.41, 5.74) is -4.45. The van der Waals surface area contributed by atoms with Crippen molar-refractivity contribution in [2.24, 2.45) is 0 Å². The average Bonchev–Trinajstić information content (AvgIpc) is 2.54. The van der Waals surface area contributed by atoms with Gasteiger partial charge in [0, 0.05) is 6.07 Å². The molecular formula is C14H17F3N2O6. The lowest BCUT2D eigenvalue weighted by molar-refractivity contribution is -0.385. The van der Waals surface area contributed by atoms with E-state index in [1.54, 1.807) is 0 Å². The lowest BCUT2D eigenvalue weighted by Gasteiger charge is -2.13. The van der Waals surface area contributed by atoms with Crippen LogP contribution in [0.2, 0.25) is 0 Å². The van der Waals surface area contributed by atoms with Crippen LogP contribution in [0.1, 0.15) is 42.5 Å². The highest BCUT2D eigenvalue weighted by Gasteiger charge is 2.39. The first kappa shape index (κ1) is 22.3. The number of ether oxygens (including phenoxy) is 2. The summed E-state index contributed by atoms with van der Waals surface area (Å²) in [4.78, 5) is 35.8. The molecule has 0 aliphatic rings. The molecule has 0 bridgehead atoms. The van der Waals surface area contributed by atoms with E-state index in [0.29, 0.717) is 0 Å². The largest absolute Gasteiger partial charge is 0.466 e. The number of nitro groups is 1. The first-order valence-electron chi connectivity index (χ1n) is 7.11. The Hall–Kier alpha value is -2.72. The Kier molecular flexibility index (Phi) is 8.51. The average molecular weight is 366 g/mol. The SMILES string of the molecule is CC.CCOC(=O)Cc1nc(C(=O)OC)c([N+](=O)[O-])cc1C(F)(F)F. The Bertz CT molecular complexity index is 646. The first-order valence-corrected chi connectivity index (χ1v) is 7.11. The molecule has 25 heavy (non-hydrogen) atoms. The van der Waals surface area contributed by atoms with E-state index in [1.807, 2.05) is 13.8 Å². The molecule has 11 heteroatoms. The maximum Gasteiger partial charge on any atom is 0.418 e. The van der Waals surface area contributed by atoms with E-state index in [4.69, 9.17) is 0 Å². The lowest BCUT2D eigenvalue weighted by atomic mass is 10.1. The highest BCUT2D eigenvalue weighted by Crippen LogP contribution is 2.35. The third kappa shape index (κ3) is 6.01. The van der Waals surface area contributed by atoms with Gasteiger partial charge in [-0.1, -0.05) is 13.8 Å². The topological polar surface area (TPSA) is 109 Å². The van der Waals surface area contributed by atoms with E-state index in [9.17, 15) is 32.9 Å². The van der Waals surface area contributed by atoms with Crippen molar-refractivity contribution >= 4 is 17.6 Å². The summed E-state index contributed by atoms with van der Waals surface area (Å²) in [7, 11) is 0.885. The molecule has 0 saturated heterocycles. The molecule has 140 valence electrons. The molecule has 0 unspecified atom stereocenters. The predicted octanol–water partition coefficient (Wildman–Crippen LogP) is 2.93. The first-order chi connectivity index (χ1) is 11.6. The van der Waals surface area contributed by atoms with Gasteiger partial charge in [-0.2, -0.15) is 13.2 Å². The van der Waals surface area contributed by atoms with Gasteiger partial charge in [-0.15, -0.1) is 0 Å². The van der Waals surface area contributed by atoms with Gasteiger partial charge in [0.05, 0.1) is 36.3 Å². The summed E-state index contributed by atoms with van der Waals surface area (Å²) in [5.74, 6) is -2.31. The number of halogens is 3. The highest BCUT2D eigenvalue weighted by atomic mass is 19.4. The minimum absolute atomic E-state index is 0.0724. The van der Waals surface area contributed by atoms with E-state index in [-0.39, 0.29) is 12.7 Å². The monoisotopic (exact) mass is 366 g/mol. The fraction of sp³-hybridized carbons (Fsp3) is 0.500. The zero-order valence-electron chi connectivity index (χ0n) is 14.0. The molecule has 0 amide bonds. The van der Waals surface area contributed by atoms with Crippen LogP contribution in [-0.2, 0) is 26.9 Å². The Morgan fingerprint density at radius 1 is 1.32 bits per heavy atom. The Balaban J connectivity index is 0.00000277. The fourth-order valence-electron chi connectivity index (χ4n) is 1.66. The van der Waals surface area contributed by atoms with Gasteiger partial charge in [-0.05, 0) is 6.92 Å². The maximum atomic E-state index is 13.0. The molecule has 0 N–H and O–H groups in total. The second-order valence-corrected chi connectivity index (χ2v) is 4.08. The van der Waals surface area contributed by atoms with Crippen LogP contribution in [0.4, 0.5) is 18.9 Å². The summed E-state index contributed by atoms with van der Waals surface area (Å²) in [5, 5.41) is 10.9. The number of alkyl halides is 3. The van der Waals surface area contributed by atoms with Gasteiger partial charge in [0.25, 0.3) is 0 Å². The molecule has 0 fully saturated rings. The smallest absolute Gasteiger partial charge is 0.418 e. The molecule has 1 aromatic rings. The van der Waals surface area contributed by atoms with E-state index in [0.717, 1.165) is 7.11 Å². The third-order valence-corrected chi connectivity index (χ3v) is 2.58. The summed E-state index contributed by atoms with van der Waals surface area (Å²) in [6.45, 7) is 5.38. The Morgan fingerprint density at radius 2 is 1.88 bits per heavy atom. The van der Waals surface area contributed by atoms with Crippen molar-refractivity contribution < 1.29 is 37.2 Å². The van der Waals surface area contributed by atoms with Crippen LogP contribution in [0.5, 0.6) is 0 Å². The number of nitrogens with zero attached hydrogens (tertiary/aromatic N) is 2. The van der Waals surface area contributed by atoms with Crippen LogP contribution in [0.25, 0.3) is 0 Å². The van der Waals surface area contributed by atoms with Gasteiger partial charge in [-0.3, -0.25) is 14.9 Å². The zero-order chi connectivity index (χ0) is 19.8. The van der Waals surface area contributed by atoms with Gasteiger partial charge in [0.1, 0.15) is 0 Å². The van der Waals surface area contributed by atoms with Crippen molar-refractivity contribution in [1.82, 2.24) is 4.98 Å². The summed E-state index contributed by atoms with van der Waals surface area (Å²) in [6.07, 6.45) is -5.90. The number of carbonyl (C=O) groups is 2. The van der Waals surface area contributed by atoms with Crippen LogP contribution in [0.3, 0.4) is 0 Å². The molecule has 1 aromatic heterocycles. The van der Waals surface area contributed by atoms with E-state index in [1.165, 1.54) is 6.92 Å². The fourth-order valence-corrected chi connectivity index (χ4v) is 1.66. The van der Waals surface area contributed by atoms with Crippen LogP contribution in [0.15, 0.2) is 6.07 Å². The molecule has 0 radical (unpaired) electrons. The number of hydrogen-bond acceptors (Lipinski definition) is 7. The van der Waals surface area contributed by atoms with Crippen molar-refractivity contribution in [3.05, 3.63) is 33.1 Å². The molecule has 0 saturated carbocycles. The van der Waals surface area contributed by atoms with Gasteiger partial charge in [0.2, 0.25) is 5.69 Å². The van der Waals surface area contributed by atoms with Crippen molar-refractivity contribution in [3.63, 3.8) is 0 Å². The van der Waals surface area contributed by atoms with Crippen molar-refractivity contribution in [1.29, 1.82) is 0 Å². The quantitative estimate of drug-likeness (QED) is 0.448. The standard InChI is InChI=1S/C12H11F3N2O6.C2H6/c1-3-23-9(18)5-7-6(12(13,14)15)4-8(17(20)21)10(16-7)11(19)22-2;1-2/h4H,3,5H2,1-2H3;1-2H3.